The van der Waals surface area contributed by atoms with E-state index in [2.05, 4.69) is 40.8 Å². The monoisotopic (exact) mass is 361 g/mol. The van der Waals surface area contributed by atoms with Crippen molar-refractivity contribution >= 4 is 24.6 Å². The molecule has 0 spiro atoms. The van der Waals surface area contributed by atoms with Crippen molar-refractivity contribution in [2.24, 2.45) is 4.99 Å². The Labute approximate surface area is 120 Å². The fraction of sp³-hybridized carbons (Fsp3) is 0.938. The van der Waals surface area contributed by atoms with Crippen LogP contribution in [0.4, 0.5) is 0 Å². The molecule has 0 saturated carbocycles. The number of hydrogen-bond donors (Lipinski definition) is 0. The van der Waals surface area contributed by atoms with Gasteiger partial charge in [0, 0.05) is 0 Å². The summed E-state index contributed by atoms with van der Waals surface area (Å²) in [6.45, 7) is 11.5. The second-order valence-electron chi connectivity index (χ2n) is 5.76. The van der Waals surface area contributed by atoms with Crippen LogP contribution in [0.5, 0.6) is 0 Å². The molecule has 0 rings (SSSR count). The number of aliphatic imine (C=N–C) groups is 1. The second kappa shape index (κ2) is 11.3. The zero-order valence-electron chi connectivity index (χ0n) is 13.5. The molecule has 0 amide bonds. The van der Waals surface area contributed by atoms with Crippen molar-refractivity contribution in [2.75, 3.05) is 0 Å². The topological polar surface area (TPSA) is 12.4 Å². The first-order valence-corrected chi connectivity index (χ1v) is 15.8. The SMILES string of the molecule is C/C=N/[CH](C)[Sn]([CH2]CCC)([CH2]CCC)[CH2]CCC. The van der Waals surface area contributed by atoms with Gasteiger partial charge in [-0.2, -0.15) is 0 Å². The predicted molar refractivity (Wildman–Crippen MR) is 88.5 cm³/mol. The van der Waals surface area contributed by atoms with Gasteiger partial charge in [-0.3, -0.25) is 0 Å². The Kier molecular flexibility index (Phi) is 11.6. The number of rotatable bonds is 11. The summed E-state index contributed by atoms with van der Waals surface area (Å²) < 4.78 is 5.42. The van der Waals surface area contributed by atoms with E-state index in [4.69, 9.17) is 4.99 Å². The van der Waals surface area contributed by atoms with Gasteiger partial charge < -0.3 is 0 Å². The van der Waals surface area contributed by atoms with Crippen molar-refractivity contribution in [3.63, 3.8) is 0 Å². The van der Waals surface area contributed by atoms with Crippen molar-refractivity contribution in [1.82, 2.24) is 0 Å². The average molecular weight is 360 g/mol. The molecule has 18 heavy (non-hydrogen) atoms. The molecular formula is C16H35NSn. The van der Waals surface area contributed by atoms with Crippen molar-refractivity contribution in [3.8, 4) is 0 Å². The fourth-order valence-corrected chi connectivity index (χ4v) is 19.1. The third kappa shape index (κ3) is 6.58. The van der Waals surface area contributed by atoms with Crippen LogP contribution < -0.4 is 0 Å². The van der Waals surface area contributed by atoms with E-state index in [0.717, 1.165) is 0 Å². The summed E-state index contributed by atoms with van der Waals surface area (Å²) in [6.07, 6.45) is 10.5. The van der Waals surface area contributed by atoms with Gasteiger partial charge in [-0.05, 0) is 0 Å². The average Bonchev–Trinajstić information content (AvgIpc) is 2.38. The van der Waals surface area contributed by atoms with Crippen LogP contribution in [-0.2, 0) is 0 Å². The van der Waals surface area contributed by atoms with Crippen molar-refractivity contribution in [3.05, 3.63) is 0 Å². The summed E-state index contributed by atoms with van der Waals surface area (Å²) in [5, 5.41) is 0. The van der Waals surface area contributed by atoms with Gasteiger partial charge in [-0.25, -0.2) is 0 Å². The molecule has 0 aliphatic carbocycles. The van der Waals surface area contributed by atoms with Gasteiger partial charge in [-0.1, -0.05) is 0 Å². The van der Waals surface area contributed by atoms with Crippen LogP contribution in [0.2, 0.25) is 13.3 Å². The Balaban J connectivity index is 4.83. The minimum atomic E-state index is -2.02. The Morgan fingerprint density at radius 2 is 1.28 bits per heavy atom. The minimum absolute atomic E-state index is 0.703. The molecule has 0 heterocycles. The molecule has 0 aromatic carbocycles. The third-order valence-corrected chi connectivity index (χ3v) is 21.4. The van der Waals surface area contributed by atoms with Gasteiger partial charge in [0.15, 0.2) is 0 Å². The van der Waals surface area contributed by atoms with Crippen LogP contribution in [0.25, 0.3) is 0 Å². The fourth-order valence-electron chi connectivity index (χ4n) is 2.97. The maximum absolute atomic E-state index is 4.82. The van der Waals surface area contributed by atoms with Gasteiger partial charge in [0.2, 0.25) is 0 Å². The molecule has 0 aliphatic rings. The molecule has 0 N–H and O–H groups in total. The molecule has 0 saturated heterocycles. The molecular weight excluding hydrogens is 325 g/mol. The van der Waals surface area contributed by atoms with E-state index in [1.54, 1.807) is 13.3 Å². The van der Waals surface area contributed by atoms with Gasteiger partial charge in [0.25, 0.3) is 0 Å². The molecule has 108 valence electrons. The van der Waals surface area contributed by atoms with Gasteiger partial charge in [-0.15, -0.1) is 0 Å². The van der Waals surface area contributed by atoms with Gasteiger partial charge >= 0.3 is 120 Å². The quantitative estimate of drug-likeness (QED) is 0.324. The van der Waals surface area contributed by atoms with Crippen LogP contribution in [0.1, 0.15) is 73.1 Å². The zero-order valence-corrected chi connectivity index (χ0v) is 16.3. The maximum atomic E-state index is 4.82. The molecule has 0 bridgehead atoms. The Morgan fingerprint density at radius 1 is 0.889 bits per heavy atom. The zero-order chi connectivity index (χ0) is 13.9. The third-order valence-electron chi connectivity index (χ3n) is 4.34. The Bertz CT molecular complexity index is 191. The van der Waals surface area contributed by atoms with Crippen LogP contribution in [-0.4, -0.2) is 28.6 Å². The van der Waals surface area contributed by atoms with Crippen molar-refractivity contribution in [1.29, 1.82) is 0 Å². The molecule has 0 fully saturated rings. The Hall–Kier alpha value is 0.469. The molecule has 1 atom stereocenters. The number of unbranched alkanes of at least 4 members (excludes halogenated alkanes) is 3. The summed E-state index contributed by atoms with van der Waals surface area (Å²) in [6, 6.07) is 0. The van der Waals surface area contributed by atoms with E-state index >= 15 is 0 Å². The van der Waals surface area contributed by atoms with E-state index in [-0.39, 0.29) is 0 Å². The van der Waals surface area contributed by atoms with Crippen LogP contribution in [0.3, 0.4) is 0 Å². The van der Waals surface area contributed by atoms with E-state index in [9.17, 15) is 0 Å². The second-order valence-corrected chi connectivity index (χ2v) is 20.2. The number of nitrogens with zero attached hydrogens (tertiary/aromatic N) is 1. The number of hydrogen-bond acceptors (Lipinski definition) is 1. The first-order valence-electron chi connectivity index (χ1n) is 8.14. The standard InChI is InChI=1S/C4H8N.3C4H9.Sn/c1-3-5-4-2;3*1-3-4-2;/h3-4H,1-2H3;3*1,3-4H2,2H3;/b5-3+;;;;. The van der Waals surface area contributed by atoms with Gasteiger partial charge in [0.1, 0.15) is 0 Å². The van der Waals surface area contributed by atoms with E-state index in [0.29, 0.717) is 4.06 Å². The summed E-state index contributed by atoms with van der Waals surface area (Å²) in [5.74, 6) is 0. The first kappa shape index (κ1) is 18.5. The summed E-state index contributed by atoms with van der Waals surface area (Å²) in [7, 11) is 0. The summed E-state index contributed by atoms with van der Waals surface area (Å²) in [5.41, 5.74) is 0. The summed E-state index contributed by atoms with van der Waals surface area (Å²) in [4.78, 5) is 4.82. The van der Waals surface area contributed by atoms with E-state index in [1.807, 2.05) is 0 Å². The summed E-state index contributed by atoms with van der Waals surface area (Å²) >= 11 is -2.02. The predicted octanol–water partition coefficient (Wildman–Crippen LogP) is 5.85. The normalized spacial score (nSPS) is 14.3. The molecule has 2 heteroatoms. The molecule has 0 aliphatic heterocycles. The van der Waals surface area contributed by atoms with Crippen LogP contribution in [0.15, 0.2) is 4.99 Å². The van der Waals surface area contributed by atoms with Crippen molar-refractivity contribution < 1.29 is 0 Å². The van der Waals surface area contributed by atoms with Crippen molar-refractivity contribution in [2.45, 2.75) is 90.5 Å². The molecule has 1 nitrogen and oxygen atoms in total. The molecule has 1 unspecified atom stereocenters. The molecule has 0 radical (unpaired) electrons. The van der Waals surface area contributed by atoms with E-state index < -0.39 is 18.4 Å². The van der Waals surface area contributed by atoms with Gasteiger partial charge in [0.05, 0.1) is 0 Å². The van der Waals surface area contributed by atoms with Crippen LogP contribution >= 0.6 is 0 Å². The molecule has 0 aromatic heterocycles. The van der Waals surface area contributed by atoms with Crippen LogP contribution in [0, 0.1) is 0 Å². The Morgan fingerprint density at radius 3 is 1.56 bits per heavy atom. The first-order chi connectivity index (χ1) is 8.66. The molecule has 0 aromatic rings. The van der Waals surface area contributed by atoms with E-state index in [1.165, 1.54) is 38.5 Å².